The monoisotopic (exact) mass is 347 g/mol. The van der Waals surface area contributed by atoms with Gasteiger partial charge >= 0.3 is 0 Å². The minimum atomic E-state index is -0.319. The molecule has 0 saturated heterocycles. The number of benzene rings is 2. The molecule has 2 aromatic heterocycles. The number of rotatable bonds is 3. The Kier molecular flexibility index (Phi) is 3.92. The molecular weight excluding hydrogens is 329 g/mol. The second kappa shape index (κ2) is 6.26. The molecular formula is C21H18FN3O. The van der Waals surface area contributed by atoms with Crippen molar-refractivity contribution in [2.75, 3.05) is 0 Å². The van der Waals surface area contributed by atoms with Crippen molar-refractivity contribution in [3.63, 3.8) is 0 Å². The SMILES string of the molecule is CC(C)c1[nH]n2c(=O)cc(-c3ccc(F)cc3)nc2c1-c1ccccc1. The lowest BCUT2D eigenvalue weighted by Crippen LogP contribution is -2.14. The molecule has 1 N–H and O–H groups in total. The molecule has 0 radical (unpaired) electrons. The van der Waals surface area contributed by atoms with Gasteiger partial charge in [0.05, 0.1) is 5.69 Å². The third kappa shape index (κ3) is 2.71. The van der Waals surface area contributed by atoms with Crippen molar-refractivity contribution in [1.82, 2.24) is 14.6 Å². The highest BCUT2D eigenvalue weighted by atomic mass is 19.1. The molecule has 130 valence electrons. The zero-order chi connectivity index (χ0) is 18.3. The zero-order valence-corrected chi connectivity index (χ0v) is 14.5. The Morgan fingerprint density at radius 3 is 2.35 bits per heavy atom. The van der Waals surface area contributed by atoms with Crippen LogP contribution in [0.15, 0.2) is 65.5 Å². The first-order valence-corrected chi connectivity index (χ1v) is 8.51. The van der Waals surface area contributed by atoms with E-state index in [1.807, 2.05) is 30.3 Å². The Labute approximate surface area is 149 Å². The highest BCUT2D eigenvalue weighted by Gasteiger charge is 2.19. The molecule has 0 saturated carbocycles. The van der Waals surface area contributed by atoms with E-state index in [1.54, 1.807) is 12.1 Å². The summed E-state index contributed by atoms with van der Waals surface area (Å²) in [5, 5.41) is 3.20. The van der Waals surface area contributed by atoms with Crippen LogP contribution in [0, 0.1) is 5.82 Å². The number of hydrogen-bond donors (Lipinski definition) is 1. The molecule has 0 spiro atoms. The van der Waals surface area contributed by atoms with Crippen LogP contribution in [0.1, 0.15) is 25.5 Å². The van der Waals surface area contributed by atoms with E-state index in [0.717, 1.165) is 16.8 Å². The molecule has 0 fully saturated rings. The quantitative estimate of drug-likeness (QED) is 0.588. The minimum Gasteiger partial charge on any atom is -0.293 e. The first kappa shape index (κ1) is 16.3. The maximum absolute atomic E-state index is 13.2. The summed E-state index contributed by atoms with van der Waals surface area (Å²) < 4.78 is 14.7. The van der Waals surface area contributed by atoms with E-state index in [0.29, 0.717) is 16.9 Å². The summed E-state index contributed by atoms with van der Waals surface area (Å²) in [6.45, 7) is 4.14. The van der Waals surface area contributed by atoms with E-state index in [2.05, 4.69) is 18.9 Å². The van der Waals surface area contributed by atoms with Crippen molar-refractivity contribution in [2.45, 2.75) is 19.8 Å². The number of aromatic amines is 1. The van der Waals surface area contributed by atoms with E-state index >= 15 is 0 Å². The van der Waals surface area contributed by atoms with Gasteiger partial charge in [0.15, 0.2) is 5.65 Å². The smallest absolute Gasteiger partial charge is 0.273 e. The van der Waals surface area contributed by atoms with Crippen molar-refractivity contribution in [3.8, 4) is 22.4 Å². The molecule has 4 aromatic rings. The summed E-state index contributed by atoms with van der Waals surface area (Å²) in [5.41, 5.74) is 4.49. The maximum Gasteiger partial charge on any atom is 0.273 e. The molecule has 4 nitrogen and oxygen atoms in total. The molecule has 26 heavy (non-hydrogen) atoms. The molecule has 4 rings (SSSR count). The fourth-order valence-corrected chi connectivity index (χ4v) is 3.13. The van der Waals surface area contributed by atoms with Gasteiger partial charge in [-0.2, -0.15) is 0 Å². The Morgan fingerprint density at radius 1 is 1.00 bits per heavy atom. The highest BCUT2D eigenvalue weighted by molar-refractivity contribution is 5.81. The van der Waals surface area contributed by atoms with E-state index in [4.69, 9.17) is 4.98 Å². The van der Waals surface area contributed by atoms with Crippen LogP contribution >= 0.6 is 0 Å². The van der Waals surface area contributed by atoms with Gasteiger partial charge in [0, 0.05) is 22.9 Å². The van der Waals surface area contributed by atoms with Crippen LogP contribution in [0.2, 0.25) is 0 Å². The molecule has 2 aromatic carbocycles. The normalized spacial score (nSPS) is 11.4. The number of nitrogens with one attached hydrogen (secondary N) is 1. The lowest BCUT2D eigenvalue weighted by Gasteiger charge is -2.06. The molecule has 0 aliphatic carbocycles. The summed E-state index contributed by atoms with van der Waals surface area (Å²) in [5.74, 6) is -0.124. The lowest BCUT2D eigenvalue weighted by molar-refractivity contribution is 0.628. The fraction of sp³-hybridized carbons (Fsp3) is 0.143. The second-order valence-corrected chi connectivity index (χ2v) is 6.57. The molecule has 5 heteroatoms. The third-order valence-corrected chi connectivity index (χ3v) is 4.42. The fourth-order valence-electron chi connectivity index (χ4n) is 3.13. The van der Waals surface area contributed by atoms with Gasteiger partial charge in [0.2, 0.25) is 0 Å². The summed E-state index contributed by atoms with van der Waals surface area (Å²) >= 11 is 0. The molecule has 0 bridgehead atoms. The number of H-pyrrole nitrogens is 1. The zero-order valence-electron chi connectivity index (χ0n) is 14.5. The topological polar surface area (TPSA) is 50.2 Å². The average molecular weight is 347 g/mol. The Morgan fingerprint density at radius 2 is 1.69 bits per heavy atom. The summed E-state index contributed by atoms with van der Waals surface area (Å²) in [4.78, 5) is 17.4. The van der Waals surface area contributed by atoms with Crippen LogP contribution in [-0.2, 0) is 0 Å². The Balaban J connectivity index is 2.03. The van der Waals surface area contributed by atoms with Crippen molar-refractivity contribution in [1.29, 1.82) is 0 Å². The predicted molar refractivity (Wildman–Crippen MR) is 101 cm³/mol. The number of hydrogen-bond acceptors (Lipinski definition) is 2. The second-order valence-electron chi connectivity index (χ2n) is 6.57. The molecule has 0 unspecified atom stereocenters. The Bertz CT molecular complexity index is 1130. The third-order valence-electron chi connectivity index (χ3n) is 4.42. The van der Waals surface area contributed by atoms with E-state index < -0.39 is 0 Å². The van der Waals surface area contributed by atoms with Crippen LogP contribution in [-0.4, -0.2) is 14.6 Å². The lowest BCUT2D eigenvalue weighted by atomic mass is 9.99. The maximum atomic E-state index is 13.2. The van der Waals surface area contributed by atoms with Gasteiger partial charge in [-0.1, -0.05) is 44.2 Å². The summed E-state index contributed by atoms with van der Waals surface area (Å²) in [6.07, 6.45) is 0. The first-order chi connectivity index (χ1) is 12.5. The van der Waals surface area contributed by atoms with Gasteiger partial charge in [0.1, 0.15) is 5.82 Å². The van der Waals surface area contributed by atoms with E-state index in [9.17, 15) is 9.18 Å². The average Bonchev–Trinajstić information content (AvgIpc) is 3.03. The first-order valence-electron chi connectivity index (χ1n) is 8.51. The molecule has 0 atom stereocenters. The number of halogens is 1. The Hall–Kier alpha value is -3.21. The van der Waals surface area contributed by atoms with Gasteiger partial charge in [0.25, 0.3) is 5.56 Å². The van der Waals surface area contributed by atoms with Gasteiger partial charge in [-0.15, -0.1) is 0 Å². The molecule has 0 aliphatic heterocycles. The van der Waals surface area contributed by atoms with Crippen LogP contribution in [0.3, 0.4) is 0 Å². The van der Waals surface area contributed by atoms with E-state index in [1.165, 1.54) is 22.7 Å². The van der Waals surface area contributed by atoms with Crippen molar-refractivity contribution >= 4 is 5.65 Å². The summed E-state index contributed by atoms with van der Waals surface area (Å²) in [6, 6.07) is 17.4. The predicted octanol–water partition coefficient (Wildman–Crippen LogP) is 4.62. The molecule has 0 aliphatic rings. The molecule has 0 amide bonds. The van der Waals surface area contributed by atoms with Crippen LogP contribution in [0.5, 0.6) is 0 Å². The van der Waals surface area contributed by atoms with Gasteiger partial charge in [-0.05, 0) is 35.7 Å². The summed E-state index contributed by atoms with van der Waals surface area (Å²) in [7, 11) is 0. The number of aromatic nitrogens is 3. The van der Waals surface area contributed by atoms with Crippen molar-refractivity contribution < 1.29 is 4.39 Å². The molecule has 2 heterocycles. The van der Waals surface area contributed by atoms with Crippen LogP contribution in [0.4, 0.5) is 4.39 Å². The number of nitrogens with zero attached hydrogens (tertiary/aromatic N) is 2. The highest BCUT2D eigenvalue weighted by Crippen LogP contribution is 2.32. The van der Waals surface area contributed by atoms with Gasteiger partial charge in [-0.25, -0.2) is 13.9 Å². The minimum absolute atomic E-state index is 0.195. The number of fused-ring (bicyclic) bond motifs is 1. The van der Waals surface area contributed by atoms with Gasteiger partial charge < -0.3 is 0 Å². The van der Waals surface area contributed by atoms with Crippen molar-refractivity contribution in [2.24, 2.45) is 0 Å². The van der Waals surface area contributed by atoms with Crippen molar-refractivity contribution in [3.05, 3.63) is 82.5 Å². The van der Waals surface area contributed by atoms with Crippen LogP contribution < -0.4 is 5.56 Å². The van der Waals surface area contributed by atoms with E-state index in [-0.39, 0.29) is 17.3 Å². The standard InChI is InChI=1S/C21H18FN3O/c1-13(2)20-19(15-6-4-3-5-7-15)21-23-17(12-18(26)25(21)24-20)14-8-10-16(22)11-9-14/h3-13,24H,1-2H3. The van der Waals surface area contributed by atoms with Crippen LogP contribution in [0.25, 0.3) is 28.0 Å². The van der Waals surface area contributed by atoms with Gasteiger partial charge in [-0.3, -0.25) is 9.89 Å². The largest absolute Gasteiger partial charge is 0.293 e.